The summed E-state index contributed by atoms with van der Waals surface area (Å²) in [7, 11) is 0. The van der Waals surface area contributed by atoms with E-state index in [2.05, 4.69) is 0 Å². The molecule has 0 saturated carbocycles. The molecule has 4 nitrogen and oxygen atoms in total. The standard InChI is InChI=1S/C12H16ClNO3S/c13-9-3-1-2-4-11(9)17-6-8-18-7-5-10(14)12(15)16/h1-4,10H,5-8,14H2,(H,15,16). The van der Waals surface area contributed by atoms with Crippen LogP contribution in [0.5, 0.6) is 5.75 Å². The Labute approximate surface area is 115 Å². The van der Waals surface area contributed by atoms with Gasteiger partial charge in [-0.25, -0.2) is 0 Å². The van der Waals surface area contributed by atoms with Gasteiger partial charge in [0.15, 0.2) is 0 Å². The van der Waals surface area contributed by atoms with Crippen molar-refractivity contribution in [2.24, 2.45) is 5.73 Å². The van der Waals surface area contributed by atoms with Gasteiger partial charge in [-0.2, -0.15) is 11.8 Å². The highest BCUT2D eigenvalue weighted by Crippen LogP contribution is 2.23. The van der Waals surface area contributed by atoms with E-state index in [4.69, 9.17) is 27.2 Å². The van der Waals surface area contributed by atoms with E-state index in [9.17, 15) is 4.79 Å². The summed E-state index contributed by atoms with van der Waals surface area (Å²) in [4.78, 5) is 10.5. The summed E-state index contributed by atoms with van der Waals surface area (Å²) in [5.41, 5.74) is 5.38. The molecule has 0 radical (unpaired) electrons. The Bertz CT molecular complexity index is 389. The predicted octanol–water partition coefficient (Wildman–Crippen LogP) is 2.25. The van der Waals surface area contributed by atoms with E-state index in [1.807, 2.05) is 18.2 Å². The molecule has 0 aliphatic carbocycles. The molecule has 0 fully saturated rings. The molecule has 3 N–H and O–H groups in total. The number of halogens is 1. The second kappa shape index (κ2) is 8.24. The first-order valence-electron chi connectivity index (χ1n) is 5.54. The number of carbonyl (C=O) groups is 1. The van der Waals surface area contributed by atoms with Gasteiger partial charge >= 0.3 is 5.97 Å². The SMILES string of the molecule is NC(CCSCCOc1ccccc1Cl)C(=O)O. The highest BCUT2D eigenvalue weighted by atomic mass is 35.5. The molecule has 1 aromatic rings. The van der Waals surface area contributed by atoms with Crippen LogP contribution in [-0.4, -0.2) is 35.2 Å². The maximum atomic E-state index is 10.5. The predicted molar refractivity (Wildman–Crippen MR) is 74.5 cm³/mol. The molecule has 0 spiro atoms. The largest absolute Gasteiger partial charge is 0.491 e. The summed E-state index contributed by atoms with van der Waals surface area (Å²) in [6.45, 7) is 0.538. The Morgan fingerprint density at radius 3 is 2.83 bits per heavy atom. The number of para-hydroxylation sites is 1. The van der Waals surface area contributed by atoms with Crippen molar-refractivity contribution in [2.75, 3.05) is 18.1 Å². The van der Waals surface area contributed by atoms with Gasteiger partial charge in [-0.3, -0.25) is 4.79 Å². The molecule has 1 unspecified atom stereocenters. The Hall–Kier alpha value is -0.910. The molecule has 0 aromatic heterocycles. The number of carboxylic acid groups (broad SMARTS) is 1. The Morgan fingerprint density at radius 2 is 2.17 bits per heavy atom. The molecule has 0 heterocycles. The number of nitrogens with two attached hydrogens (primary N) is 1. The molecule has 18 heavy (non-hydrogen) atoms. The number of hydrogen-bond donors (Lipinski definition) is 2. The van der Waals surface area contributed by atoms with Crippen molar-refractivity contribution in [3.8, 4) is 5.75 Å². The van der Waals surface area contributed by atoms with Gasteiger partial charge in [0.1, 0.15) is 11.8 Å². The van der Waals surface area contributed by atoms with Crippen LogP contribution >= 0.6 is 23.4 Å². The lowest BCUT2D eigenvalue weighted by Gasteiger charge is -2.08. The van der Waals surface area contributed by atoms with Crippen LogP contribution in [0.3, 0.4) is 0 Å². The fourth-order valence-electron chi connectivity index (χ4n) is 1.21. The third-order valence-corrected chi connectivity index (χ3v) is 3.50. The fourth-order valence-corrected chi connectivity index (χ4v) is 2.22. The maximum absolute atomic E-state index is 10.5. The van der Waals surface area contributed by atoms with Gasteiger partial charge in [-0.1, -0.05) is 23.7 Å². The van der Waals surface area contributed by atoms with Crippen molar-refractivity contribution in [2.45, 2.75) is 12.5 Å². The van der Waals surface area contributed by atoms with Crippen LogP contribution in [0.25, 0.3) is 0 Å². The quantitative estimate of drug-likeness (QED) is 0.718. The number of carboxylic acids is 1. The van der Waals surface area contributed by atoms with Gasteiger partial charge in [0.2, 0.25) is 0 Å². The summed E-state index contributed by atoms with van der Waals surface area (Å²) in [6.07, 6.45) is 0.464. The van der Waals surface area contributed by atoms with Crippen LogP contribution in [0, 0.1) is 0 Å². The molecule has 1 rings (SSSR count). The lowest BCUT2D eigenvalue weighted by molar-refractivity contribution is -0.138. The van der Waals surface area contributed by atoms with Gasteiger partial charge in [0.05, 0.1) is 11.6 Å². The summed E-state index contributed by atoms with van der Waals surface area (Å²) in [5, 5.41) is 9.18. The van der Waals surface area contributed by atoms with Gasteiger partial charge in [-0.05, 0) is 24.3 Å². The highest BCUT2D eigenvalue weighted by molar-refractivity contribution is 7.99. The van der Waals surface area contributed by atoms with E-state index in [-0.39, 0.29) is 0 Å². The van der Waals surface area contributed by atoms with E-state index >= 15 is 0 Å². The molecule has 1 atom stereocenters. The van der Waals surface area contributed by atoms with E-state index in [0.29, 0.717) is 29.6 Å². The number of thioether (sulfide) groups is 1. The van der Waals surface area contributed by atoms with E-state index in [0.717, 1.165) is 5.75 Å². The van der Waals surface area contributed by atoms with Crippen molar-refractivity contribution in [3.05, 3.63) is 29.3 Å². The van der Waals surface area contributed by atoms with E-state index < -0.39 is 12.0 Å². The first kappa shape index (κ1) is 15.1. The van der Waals surface area contributed by atoms with Crippen LogP contribution < -0.4 is 10.5 Å². The Balaban J connectivity index is 2.09. The number of hydrogen-bond acceptors (Lipinski definition) is 4. The lowest BCUT2D eigenvalue weighted by atomic mass is 10.2. The lowest BCUT2D eigenvalue weighted by Crippen LogP contribution is -2.30. The minimum absolute atomic E-state index is 0.464. The zero-order valence-corrected chi connectivity index (χ0v) is 11.4. The monoisotopic (exact) mass is 289 g/mol. The molecule has 0 saturated heterocycles. The molecule has 6 heteroatoms. The van der Waals surface area contributed by atoms with Gasteiger partial charge < -0.3 is 15.6 Å². The summed E-state index contributed by atoms with van der Waals surface area (Å²) >= 11 is 7.54. The van der Waals surface area contributed by atoms with Crippen molar-refractivity contribution < 1.29 is 14.6 Å². The molecular weight excluding hydrogens is 274 g/mol. The summed E-state index contributed by atoms with van der Waals surface area (Å²) in [5.74, 6) is 1.20. The maximum Gasteiger partial charge on any atom is 0.320 e. The summed E-state index contributed by atoms with van der Waals surface area (Å²) in [6, 6.07) is 6.52. The van der Waals surface area contributed by atoms with Crippen LogP contribution in [0.15, 0.2) is 24.3 Å². The van der Waals surface area contributed by atoms with Crippen LogP contribution in [0.2, 0.25) is 5.02 Å². The Morgan fingerprint density at radius 1 is 1.44 bits per heavy atom. The number of aliphatic carboxylic acids is 1. The van der Waals surface area contributed by atoms with Crippen LogP contribution in [-0.2, 0) is 4.79 Å². The van der Waals surface area contributed by atoms with Crippen molar-refractivity contribution >= 4 is 29.3 Å². The smallest absolute Gasteiger partial charge is 0.320 e. The molecule has 0 aliphatic heterocycles. The number of rotatable bonds is 8. The number of benzene rings is 1. The molecule has 100 valence electrons. The third-order valence-electron chi connectivity index (χ3n) is 2.21. The zero-order valence-electron chi connectivity index (χ0n) is 9.84. The molecular formula is C12H16ClNO3S. The van der Waals surface area contributed by atoms with E-state index in [1.165, 1.54) is 0 Å². The average molecular weight is 290 g/mol. The van der Waals surface area contributed by atoms with Crippen LogP contribution in [0.1, 0.15) is 6.42 Å². The molecule has 0 aliphatic rings. The van der Waals surface area contributed by atoms with Gasteiger partial charge in [0, 0.05) is 5.75 Å². The summed E-state index contributed by atoms with van der Waals surface area (Å²) < 4.78 is 5.49. The highest BCUT2D eigenvalue weighted by Gasteiger charge is 2.10. The topological polar surface area (TPSA) is 72.5 Å². The van der Waals surface area contributed by atoms with Gasteiger partial charge in [-0.15, -0.1) is 0 Å². The fraction of sp³-hybridized carbons (Fsp3) is 0.417. The van der Waals surface area contributed by atoms with Crippen molar-refractivity contribution in [3.63, 3.8) is 0 Å². The first-order valence-corrected chi connectivity index (χ1v) is 7.08. The minimum Gasteiger partial charge on any atom is -0.491 e. The minimum atomic E-state index is -0.956. The molecule has 1 aromatic carbocycles. The average Bonchev–Trinajstić information content (AvgIpc) is 2.35. The normalized spacial score (nSPS) is 12.1. The number of ether oxygens (including phenoxy) is 1. The van der Waals surface area contributed by atoms with Gasteiger partial charge in [0.25, 0.3) is 0 Å². The second-order valence-electron chi connectivity index (χ2n) is 3.62. The van der Waals surface area contributed by atoms with Crippen molar-refractivity contribution in [1.82, 2.24) is 0 Å². The second-order valence-corrected chi connectivity index (χ2v) is 5.26. The van der Waals surface area contributed by atoms with Crippen LogP contribution in [0.4, 0.5) is 0 Å². The first-order chi connectivity index (χ1) is 8.61. The Kier molecular flexibility index (Phi) is 6.93. The molecule has 0 amide bonds. The molecule has 0 bridgehead atoms. The third kappa shape index (κ3) is 5.62. The zero-order chi connectivity index (χ0) is 13.4. The van der Waals surface area contributed by atoms with E-state index in [1.54, 1.807) is 17.8 Å². The van der Waals surface area contributed by atoms with Crippen molar-refractivity contribution in [1.29, 1.82) is 0 Å².